The van der Waals surface area contributed by atoms with Gasteiger partial charge in [0.1, 0.15) is 5.75 Å². The average Bonchev–Trinajstić information content (AvgIpc) is 4.15. The normalized spacial score (nSPS) is 18.3. The number of aliphatic hydroxyl groups excluding tert-OH is 1. The first kappa shape index (κ1) is 48.8. The van der Waals surface area contributed by atoms with Crippen LogP contribution in [-0.2, 0) is 55.4 Å². The van der Waals surface area contributed by atoms with Crippen molar-refractivity contribution in [3.05, 3.63) is 186 Å². The van der Waals surface area contributed by atoms with Gasteiger partial charge in [0, 0.05) is 70.1 Å². The topological polar surface area (TPSA) is 169 Å². The number of nitrogens with one attached hydrogen (secondary N) is 4. The molecule has 0 unspecified atom stereocenters. The Morgan fingerprint density at radius 2 is 1.34 bits per heavy atom. The highest BCUT2D eigenvalue weighted by atomic mass is 28.3. The van der Waals surface area contributed by atoms with Crippen molar-refractivity contribution in [3.8, 4) is 5.75 Å². The summed E-state index contributed by atoms with van der Waals surface area (Å²) in [5.41, 5.74) is 6.04. The molecule has 8 aromatic rings. The Morgan fingerprint density at radius 3 is 1.96 bits per heavy atom. The Balaban J connectivity index is 0.991. The summed E-state index contributed by atoms with van der Waals surface area (Å²) in [5.74, 6) is -0.536. The zero-order valence-electron chi connectivity index (χ0n) is 41.5. The molecule has 2 aromatic heterocycles. The first-order valence-corrected chi connectivity index (χ1v) is 27.9. The largest absolute Gasteiger partial charge is 0.497 e. The number of aromatic nitrogens is 2. The number of carbonyl (C=O) groups is 4. The molecule has 0 bridgehead atoms. The standard InChI is InChI=1S/C59H60N6O7Si/c1-38-57(73(3,4)46-25-23-45(71-2)24-26-46)53(33-56(69)64(28-29-66)36-39-12-6-5-7-13-39)72-59(38)49-32-44(63-55(68)31-42-35-61-51-17-11-9-15-48(42)51)22-27-52(49)65(58(59)70)37-40-18-20-43(21-19-40)62-54(67)30-41-34-60-50-16-10-8-14-47(41)50/h5-27,32,34-35,38,53,57,60-61,66H,28-31,33,36-37H2,1-4H3,(H,62,67)(H,63,68)/t38-,53+,57-,59+/m1/s1. The molecule has 1 saturated heterocycles. The molecular weight excluding hydrogens is 933 g/mol. The van der Waals surface area contributed by atoms with Gasteiger partial charge in [-0.25, -0.2) is 0 Å². The highest BCUT2D eigenvalue weighted by Gasteiger charge is 2.66. The van der Waals surface area contributed by atoms with Crippen LogP contribution in [0.2, 0.25) is 18.6 Å². The molecule has 2 aliphatic rings. The number of anilines is 3. The van der Waals surface area contributed by atoms with Crippen LogP contribution in [-0.4, -0.2) is 78.0 Å². The number of aliphatic hydroxyl groups is 1. The van der Waals surface area contributed by atoms with E-state index in [0.717, 1.165) is 55.0 Å². The second-order valence-corrected chi connectivity index (χ2v) is 24.6. The van der Waals surface area contributed by atoms with Gasteiger partial charge < -0.3 is 45.0 Å². The molecule has 14 heteroatoms. The summed E-state index contributed by atoms with van der Waals surface area (Å²) < 4.78 is 13.0. The van der Waals surface area contributed by atoms with E-state index in [-0.39, 0.29) is 68.1 Å². The van der Waals surface area contributed by atoms with E-state index in [2.05, 4.69) is 52.8 Å². The van der Waals surface area contributed by atoms with Crippen molar-refractivity contribution in [2.45, 2.75) is 69.6 Å². The van der Waals surface area contributed by atoms with Crippen molar-refractivity contribution >= 4 is 75.8 Å². The van der Waals surface area contributed by atoms with E-state index in [0.29, 0.717) is 29.2 Å². The van der Waals surface area contributed by atoms with Crippen molar-refractivity contribution < 1.29 is 33.8 Å². The van der Waals surface area contributed by atoms with Gasteiger partial charge in [0.15, 0.2) is 5.60 Å². The van der Waals surface area contributed by atoms with Gasteiger partial charge in [0.2, 0.25) is 17.7 Å². The van der Waals surface area contributed by atoms with E-state index in [1.54, 1.807) is 16.9 Å². The van der Waals surface area contributed by atoms with Crippen molar-refractivity contribution in [2.24, 2.45) is 5.92 Å². The molecule has 1 fully saturated rings. The summed E-state index contributed by atoms with van der Waals surface area (Å²) in [6.45, 7) is 7.03. The predicted octanol–water partition coefficient (Wildman–Crippen LogP) is 9.19. The van der Waals surface area contributed by atoms with Gasteiger partial charge in [-0.3, -0.25) is 19.2 Å². The monoisotopic (exact) mass is 992 g/mol. The number of H-pyrrole nitrogens is 2. The van der Waals surface area contributed by atoms with Crippen LogP contribution >= 0.6 is 0 Å². The van der Waals surface area contributed by atoms with Crippen LogP contribution in [0.4, 0.5) is 17.1 Å². The third kappa shape index (κ3) is 9.56. The number of benzene rings is 6. The van der Waals surface area contributed by atoms with Crippen LogP contribution in [0.15, 0.2) is 158 Å². The Hall–Kier alpha value is -7.78. The molecule has 4 heterocycles. The molecule has 2 aliphatic heterocycles. The first-order chi connectivity index (χ1) is 35.4. The summed E-state index contributed by atoms with van der Waals surface area (Å²) in [7, 11) is -1.04. The maximum Gasteiger partial charge on any atom is 0.264 e. The summed E-state index contributed by atoms with van der Waals surface area (Å²) >= 11 is 0. The zero-order valence-corrected chi connectivity index (χ0v) is 42.5. The molecular formula is C59H60N6O7Si. The summed E-state index contributed by atoms with van der Waals surface area (Å²) in [4.78, 5) is 67.6. The number of hydrogen-bond acceptors (Lipinski definition) is 7. The zero-order chi connectivity index (χ0) is 50.9. The first-order valence-electron chi connectivity index (χ1n) is 24.9. The number of fused-ring (bicyclic) bond motifs is 4. The summed E-state index contributed by atoms with van der Waals surface area (Å²) in [6, 6.07) is 46.6. The van der Waals surface area contributed by atoms with E-state index < -0.39 is 25.7 Å². The van der Waals surface area contributed by atoms with Crippen LogP contribution < -0.4 is 25.5 Å². The lowest BCUT2D eigenvalue weighted by Gasteiger charge is -2.37. The lowest BCUT2D eigenvalue weighted by Crippen LogP contribution is -2.52. The van der Waals surface area contributed by atoms with Crippen LogP contribution in [0.3, 0.4) is 0 Å². The highest BCUT2D eigenvalue weighted by Crippen LogP contribution is 2.60. The van der Waals surface area contributed by atoms with Gasteiger partial charge >= 0.3 is 0 Å². The number of rotatable bonds is 17. The molecule has 4 amide bonds. The quantitative estimate of drug-likeness (QED) is 0.0567. The molecule has 10 rings (SSSR count). The average molecular weight is 993 g/mol. The highest BCUT2D eigenvalue weighted by molar-refractivity contribution is 6.91. The van der Waals surface area contributed by atoms with E-state index in [4.69, 9.17) is 9.47 Å². The van der Waals surface area contributed by atoms with Gasteiger partial charge in [-0.2, -0.15) is 0 Å². The molecule has 73 heavy (non-hydrogen) atoms. The fourth-order valence-corrected chi connectivity index (χ4v) is 15.5. The molecule has 4 atom stereocenters. The Labute approximate surface area is 425 Å². The number of methoxy groups -OCH3 is 1. The molecule has 372 valence electrons. The van der Waals surface area contributed by atoms with Crippen molar-refractivity contribution in [1.29, 1.82) is 0 Å². The number of nitrogens with zero attached hydrogens (tertiary/aromatic N) is 2. The van der Waals surface area contributed by atoms with Crippen molar-refractivity contribution in [2.75, 3.05) is 35.8 Å². The van der Waals surface area contributed by atoms with Crippen molar-refractivity contribution in [3.63, 3.8) is 0 Å². The maximum atomic E-state index is 15.9. The number of carbonyl (C=O) groups excluding carboxylic acids is 4. The lowest BCUT2D eigenvalue weighted by atomic mass is 9.82. The van der Waals surface area contributed by atoms with E-state index in [1.807, 2.05) is 146 Å². The minimum atomic E-state index is -2.68. The number of amides is 4. The fraction of sp³-hybridized carbons (Fsp3) is 0.254. The number of ether oxygens (including phenoxy) is 2. The molecule has 0 aliphatic carbocycles. The Kier molecular flexibility index (Phi) is 13.6. The minimum absolute atomic E-state index is 0.0205. The SMILES string of the molecule is COc1ccc([Si](C)(C)[C@H]2[C@H](CC(=O)N(CCO)Cc3ccccc3)O[C@@]3(C(=O)N(Cc4ccc(NC(=O)Cc5c[nH]c6ccccc56)cc4)c4ccc(NC(=O)Cc5c[nH]c6ccccc56)cc43)[C@@H]2C)cc1. The third-order valence-electron chi connectivity index (χ3n) is 15.1. The molecule has 13 nitrogen and oxygen atoms in total. The van der Waals surface area contributed by atoms with Gasteiger partial charge in [-0.05, 0) is 82.4 Å². The van der Waals surface area contributed by atoms with Crippen LogP contribution in [0.25, 0.3) is 21.8 Å². The molecule has 6 aromatic carbocycles. The molecule has 5 N–H and O–H groups in total. The van der Waals surface area contributed by atoms with Crippen molar-refractivity contribution in [1.82, 2.24) is 14.9 Å². The number of para-hydroxylation sites is 2. The van der Waals surface area contributed by atoms with Gasteiger partial charge in [0.25, 0.3) is 5.91 Å². The van der Waals surface area contributed by atoms with Crippen LogP contribution in [0.5, 0.6) is 5.75 Å². The number of aromatic amines is 2. The molecule has 1 spiro atoms. The minimum Gasteiger partial charge on any atom is -0.497 e. The van der Waals surface area contributed by atoms with Gasteiger partial charge in [0.05, 0.1) is 59.4 Å². The summed E-state index contributed by atoms with van der Waals surface area (Å²) in [6.07, 6.45) is 3.33. The van der Waals surface area contributed by atoms with E-state index in [1.165, 1.54) is 0 Å². The predicted molar refractivity (Wildman–Crippen MR) is 288 cm³/mol. The van der Waals surface area contributed by atoms with Gasteiger partial charge in [-0.1, -0.05) is 116 Å². The van der Waals surface area contributed by atoms with E-state index >= 15 is 4.79 Å². The second-order valence-electron chi connectivity index (χ2n) is 19.9. The molecule has 0 saturated carbocycles. The third-order valence-corrected chi connectivity index (χ3v) is 19.4. The van der Waals surface area contributed by atoms with Gasteiger partial charge in [-0.15, -0.1) is 0 Å². The second kappa shape index (κ2) is 20.4. The smallest absolute Gasteiger partial charge is 0.264 e. The Morgan fingerprint density at radius 1 is 0.753 bits per heavy atom. The molecule has 0 radical (unpaired) electrons. The maximum absolute atomic E-state index is 15.9. The Bertz CT molecular complexity index is 3320. The van der Waals surface area contributed by atoms with Crippen LogP contribution in [0, 0.1) is 5.92 Å². The summed E-state index contributed by atoms with van der Waals surface area (Å²) in [5, 5.41) is 19.5. The fourth-order valence-electron chi connectivity index (χ4n) is 11.5. The number of hydrogen-bond donors (Lipinski definition) is 5. The van der Waals surface area contributed by atoms with Crippen LogP contribution in [0.1, 0.15) is 41.2 Å². The van der Waals surface area contributed by atoms with E-state index in [9.17, 15) is 19.5 Å². The lowest BCUT2D eigenvalue weighted by molar-refractivity contribution is -0.150.